The molecule has 82 valence electrons. The molecule has 1 heterocycles. The number of hydrogen-bond acceptors (Lipinski definition) is 4. The fraction of sp³-hybridized carbons (Fsp3) is 0.500. The smallest absolute Gasteiger partial charge is 0.305 e. The summed E-state index contributed by atoms with van der Waals surface area (Å²) in [6, 6.07) is 0.232. The summed E-state index contributed by atoms with van der Waals surface area (Å²) in [6.45, 7) is 4.49. The summed E-state index contributed by atoms with van der Waals surface area (Å²) in [4.78, 5) is 20.3. The van der Waals surface area contributed by atoms with Gasteiger partial charge in [0, 0.05) is 12.6 Å². The Balaban J connectivity index is 2.70. The second-order valence-corrected chi connectivity index (χ2v) is 3.53. The Labute approximate surface area is 88.8 Å². The van der Waals surface area contributed by atoms with Crippen LogP contribution in [0.1, 0.15) is 20.3 Å². The van der Waals surface area contributed by atoms with Crippen LogP contribution in [0.2, 0.25) is 0 Å². The topological polar surface area (TPSA) is 66.3 Å². The molecule has 1 rings (SSSR count). The first-order valence-electron chi connectivity index (χ1n) is 4.84. The van der Waals surface area contributed by atoms with E-state index in [0.29, 0.717) is 6.54 Å². The highest BCUT2D eigenvalue weighted by atomic mass is 16.4. The number of nitrogens with zero attached hydrogens (tertiary/aromatic N) is 3. The highest BCUT2D eigenvalue weighted by Crippen LogP contribution is 2.14. The van der Waals surface area contributed by atoms with E-state index >= 15 is 0 Å². The molecule has 1 aromatic heterocycles. The van der Waals surface area contributed by atoms with Crippen molar-refractivity contribution in [3.8, 4) is 0 Å². The number of anilines is 1. The molecule has 0 aliphatic heterocycles. The fourth-order valence-corrected chi connectivity index (χ4v) is 1.34. The van der Waals surface area contributed by atoms with Gasteiger partial charge in [0.2, 0.25) is 0 Å². The average Bonchev–Trinajstić information content (AvgIpc) is 2.18. The third-order valence-corrected chi connectivity index (χ3v) is 2.07. The van der Waals surface area contributed by atoms with Gasteiger partial charge in [-0.05, 0) is 13.8 Å². The summed E-state index contributed by atoms with van der Waals surface area (Å²) in [5.74, 6) is -0.794. The Hall–Kier alpha value is -1.65. The van der Waals surface area contributed by atoms with E-state index in [1.54, 1.807) is 12.4 Å². The number of aliphatic carboxylic acids is 1. The quantitative estimate of drug-likeness (QED) is 0.788. The lowest BCUT2D eigenvalue weighted by Crippen LogP contribution is -2.33. The summed E-state index contributed by atoms with van der Waals surface area (Å²) in [7, 11) is 0. The maximum Gasteiger partial charge on any atom is 0.305 e. The second-order valence-electron chi connectivity index (χ2n) is 3.53. The lowest BCUT2D eigenvalue weighted by Gasteiger charge is -2.27. The van der Waals surface area contributed by atoms with E-state index in [-0.39, 0.29) is 12.5 Å². The van der Waals surface area contributed by atoms with Gasteiger partial charge in [0.15, 0.2) is 0 Å². The molecule has 0 amide bonds. The van der Waals surface area contributed by atoms with Crippen molar-refractivity contribution in [3.05, 3.63) is 18.7 Å². The third kappa shape index (κ3) is 3.53. The van der Waals surface area contributed by atoms with Crippen molar-refractivity contribution in [2.24, 2.45) is 0 Å². The van der Waals surface area contributed by atoms with E-state index in [1.807, 2.05) is 18.7 Å². The average molecular weight is 209 g/mol. The van der Waals surface area contributed by atoms with Gasteiger partial charge in [-0.25, -0.2) is 9.97 Å². The van der Waals surface area contributed by atoms with Gasteiger partial charge in [0.05, 0.1) is 24.5 Å². The van der Waals surface area contributed by atoms with Crippen molar-refractivity contribution in [3.63, 3.8) is 0 Å². The molecular formula is C10H15N3O2. The van der Waals surface area contributed by atoms with Crippen LogP contribution >= 0.6 is 0 Å². The normalized spacial score (nSPS) is 10.3. The molecule has 0 aromatic carbocycles. The molecule has 0 spiro atoms. The largest absolute Gasteiger partial charge is 0.481 e. The van der Waals surface area contributed by atoms with Gasteiger partial charge >= 0.3 is 5.97 Å². The Morgan fingerprint density at radius 3 is 2.53 bits per heavy atom. The van der Waals surface area contributed by atoms with E-state index in [0.717, 1.165) is 5.69 Å². The Morgan fingerprint density at radius 1 is 1.47 bits per heavy atom. The highest BCUT2D eigenvalue weighted by Gasteiger charge is 2.12. The molecule has 5 nitrogen and oxygen atoms in total. The van der Waals surface area contributed by atoms with Crippen LogP contribution in [-0.2, 0) is 4.79 Å². The monoisotopic (exact) mass is 209 g/mol. The van der Waals surface area contributed by atoms with Gasteiger partial charge in [-0.1, -0.05) is 0 Å². The minimum atomic E-state index is -0.794. The lowest BCUT2D eigenvalue weighted by molar-refractivity contribution is -0.136. The summed E-state index contributed by atoms with van der Waals surface area (Å²) in [5, 5.41) is 8.63. The van der Waals surface area contributed by atoms with Crippen molar-refractivity contribution < 1.29 is 9.90 Å². The van der Waals surface area contributed by atoms with Crippen LogP contribution in [0.3, 0.4) is 0 Å². The standard InChI is InChI=1S/C10H15N3O2/c1-8(2)13(4-3-10(14)15)9-5-11-7-12-6-9/h5-8H,3-4H2,1-2H3,(H,14,15). The molecule has 0 bridgehead atoms. The number of aromatic nitrogens is 2. The molecule has 1 N–H and O–H groups in total. The zero-order chi connectivity index (χ0) is 11.3. The van der Waals surface area contributed by atoms with E-state index in [2.05, 4.69) is 9.97 Å². The minimum absolute atomic E-state index is 0.118. The molecule has 1 aromatic rings. The van der Waals surface area contributed by atoms with Gasteiger partial charge in [0.1, 0.15) is 6.33 Å². The molecule has 0 aliphatic carbocycles. The second kappa shape index (κ2) is 5.29. The molecule has 0 atom stereocenters. The van der Waals surface area contributed by atoms with Crippen LogP contribution in [0.25, 0.3) is 0 Å². The summed E-state index contributed by atoms with van der Waals surface area (Å²) >= 11 is 0. The van der Waals surface area contributed by atoms with Crippen molar-refractivity contribution in [2.75, 3.05) is 11.4 Å². The van der Waals surface area contributed by atoms with Crippen LogP contribution in [0.5, 0.6) is 0 Å². The fourth-order valence-electron chi connectivity index (χ4n) is 1.34. The van der Waals surface area contributed by atoms with Crippen LogP contribution in [0, 0.1) is 0 Å². The number of carboxylic acids is 1. The summed E-state index contributed by atoms with van der Waals surface area (Å²) < 4.78 is 0. The zero-order valence-electron chi connectivity index (χ0n) is 8.92. The summed E-state index contributed by atoms with van der Waals surface area (Å²) in [5.41, 5.74) is 0.855. The predicted molar refractivity (Wildman–Crippen MR) is 56.8 cm³/mol. The van der Waals surface area contributed by atoms with Crippen LogP contribution in [0.15, 0.2) is 18.7 Å². The maximum absolute atomic E-state index is 10.5. The highest BCUT2D eigenvalue weighted by molar-refractivity contribution is 5.67. The molecule has 0 fully saturated rings. The summed E-state index contributed by atoms with van der Waals surface area (Å²) in [6.07, 6.45) is 4.95. The molecule has 0 aliphatic rings. The van der Waals surface area contributed by atoms with Crippen LogP contribution in [-0.4, -0.2) is 33.6 Å². The Morgan fingerprint density at radius 2 is 2.07 bits per heavy atom. The Bertz CT molecular complexity index is 314. The predicted octanol–water partition coefficient (Wildman–Crippen LogP) is 1.17. The van der Waals surface area contributed by atoms with Gasteiger partial charge in [-0.3, -0.25) is 4.79 Å². The first-order valence-corrected chi connectivity index (χ1v) is 4.84. The molecular weight excluding hydrogens is 194 g/mol. The maximum atomic E-state index is 10.5. The van der Waals surface area contributed by atoms with Crippen LogP contribution in [0.4, 0.5) is 5.69 Å². The molecule has 0 saturated heterocycles. The third-order valence-electron chi connectivity index (χ3n) is 2.07. The van der Waals surface area contributed by atoms with Gasteiger partial charge < -0.3 is 10.0 Å². The van der Waals surface area contributed by atoms with E-state index in [9.17, 15) is 4.79 Å². The van der Waals surface area contributed by atoms with E-state index < -0.39 is 5.97 Å². The molecule has 0 unspecified atom stereocenters. The Kier molecular flexibility index (Phi) is 4.03. The number of rotatable bonds is 5. The van der Waals surface area contributed by atoms with Crippen molar-refractivity contribution in [1.29, 1.82) is 0 Å². The van der Waals surface area contributed by atoms with Crippen LogP contribution < -0.4 is 4.90 Å². The molecule has 0 radical (unpaired) electrons. The zero-order valence-corrected chi connectivity index (χ0v) is 8.92. The van der Waals surface area contributed by atoms with Gasteiger partial charge in [-0.15, -0.1) is 0 Å². The van der Waals surface area contributed by atoms with Crippen molar-refractivity contribution in [1.82, 2.24) is 9.97 Å². The lowest BCUT2D eigenvalue weighted by atomic mass is 10.2. The SMILES string of the molecule is CC(C)N(CCC(=O)O)c1cncnc1. The number of carbonyl (C=O) groups is 1. The molecule has 0 saturated carbocycles. The van der Waals surface area contributed by atoms with Gasteiger partial charge in [-0.2, -0.15) is 0 Å². The number of hydrogen-bond donors (Lipinski definition) is 1. The van der Waals surface area contributed by atoms with Gasteiger partial charge in [0.25, 0.3) is 0 Å². The first kappa shape index (κ1) is 11.4. The van der Waals surface area contributed by atoms with Crippen molar-refractivity contribution >= 4 is 11.7 Å². The van der Waals surface area contributed by atoms with E-state index in [1.165, 1.54) is 6.33 Å². The van der Waals surface area contributed by atoms with Crippen molar-refractivity contribution in [2.45, 2.75) is 26.3 Å². The molecule has 15 heavy (non-hydrogen) atoms. The van der Waals surface area contributed by atoms with E-state index in [4.69, 9.17) is 5.11 Å². The number of carboxylic acid groups (broad SMARTS) is 1. The molecule has 5 heteroatoms. The minimum Gasteiger partial charge on any atom is -0.481 e. The first-order chi connectivity index (χ1) is 7.11.